The average Bonchev–Trinajstić information content (AvgIpc) is 3.21. The SMILES string of the molecule is O=C1NC(=S)N(c2ccc(Cl)cc2)C(=O)/C1=C\c1ccc(-c2ccc(Cl)c([N+](=O)[O-])c2)o1. The minimum absolute atomic E-state index is 0.00428. The van der Waals surface area contributed by atoms with Gasteiger partial charge in [0.25, 0.3) is 17.5 Å². The highest BCUT2D eigenvalue weighted by Gasteiger charge is 2.34. The van der Waals surface area contributed by atoms with Crippen molar-refractivity contribution in [3.63, 3.8) is 0 Å². The molecule has 1 aromatic heterocycles. The summed E-state index contributed by atoms with van der Waals surface area (Å²) in [5.41, 5.74) is 0.379. The van der Waals surface area contributed by atoms with Gasteiger partial charge in [0.05, 0.1) is 10.6 Å². The average molecular weight is 488 g/mol. The van der Waals surface area contributed by atoms with Gasteiger partial charge in [-0.25, -0.2) is 0 Å². The van der Waals surface area contributed by atoms with Crippen molar-refractivity contribution in [1.82, 2.24) is 5.32 Å². The van der Waals surface area contributed by atoms with Crippen LogP contribution in [0.2, 0.25) is 10.0 Å². The molecule has 0 radical (unpaired) electrons. The van der Waals surface area contributed by atoms with Crippen molar-refractivity contribution in [2.24, 2.45) is 0 Å². The van der Waals surface area contributed by atoms with Gasteiger partial charge in [0.1, 0.15) is 22.1 Å². The summed E-state index contributed by atoms with van der Waals surface area (Å²) >= 11 is 16.9. The maximum atomic E-state index is 13.0. The smallest absolute Gasteiger partial charge is 0.288 e. The van der Waals surface area contributed by atoms with Crippen molar-refractivity contribution in [2.45, 2.75) is 0 Å². The van der Waals surface area contributed by atoms with Crippen molar-refractivity contribution in [2.75, 3.05) is 4.90 Å². The van der Waals surface area contributed by atoms with Gasteiger partial charge in [-0.05, 0) is 66.8 Å². The van der Waals surface area contributed by atoms with Crippen LogP contribution in [0, 0.1) is 10.1 Å². The second-order valence-electron chi connectivity index (χ2n) is 6.56. The highest BCUT2D eigenvalue weighted by molar-refractivity contribution is 7.80. The molecule has 4 rings (SSSR count). The molecule has 0 bridgehead atoms. The topological polar surface area (TPSA) is 106 Å². The van der Waals surface area contributed by atoms with Gasteiger partial charge in [-0.1, -0.05) is 23.2 Å². The van der Waals surface area contributed by atoms with E-state index in [1.54, 1.807) is 36.4 Å². The maximum Gasteiger partial charge on any atom is 0.288 e. The van der Waals surface area contributed by atoms with E-state index in [-0.39, 0.29) is 27.2 Å². The van der Waals surface area contributed by atoms with Crippen LogP contribution in [0.5, 0.6) is 0 Å². The molecule has 2 aromatic carbocycles. The molecule has 1 aliphatic heterocycles. The van der Waals surface area contributed by atoms with E-state index >= 15 is 0 Å². The number of hydrogen-bond acceptors (Lipinski definition) is 6. The summed E-state index contributed by atoms with van der Waals surface area (Å²) in [6.45, 7) is 0. The molecule has 160 valence electrons. The monoisotopic (exact) mass is 487 g/mol. The van der Waals surface area contributed by atoms with E-state index in [0.29, 0.717) is 22.0 Å². The predicted molar refractivity (Wildman–Crippen MR) is 123 cm³/mol. The fourth-order valence-corrected chi connectivity index (χ4v) is 3.61. The number of amides is 2. The zero-order valence-electron chi connectivity index (χ0n) is 15.9. The largest absolute Gasteiger partial charge is 0.457 e. The third-order valence-electron chi connectivity index (χ3n) is 4.53. The van der Waals surface area contributed by atoms with Crippen molar-refractivity contribution in [3.8, 4) is 11.3 Å². The fourth-order valence-electron chi connectivity index (χ4n) is 3.02. The van der Waals surface area contributed by atoms with Crippen molar-refractivity contribution in [3.05, 3.63) is 86.1 Å². The van der Waals surface area contributed by atoms with Crippen LogP contribution in [0.3, 0.4) is 0 Å². The summed E-state index contributed by atoms with van der Waals surface area (Å²) in [4.78, 5) is 37.1. The Kier molecular flexibility index (Phi) is 5.79. The minimum atomic E-state index is -0.676. The van der Waals surface area contributed by atoms with E-state index < -0.39 is 16.7 Å². The van der Waals surface area contributed by atoms with Crippen molar-refractivity contribution in [1.29, 1.82) is 0 Å². The van der Waals surface area contributed by atoms with E-state index in [2.05, 4.69) is 5.32 Å². The lowest BCUT2D eigenvalue weighted by atomic mass is 10.1. The molecule has 3 aromatic rings. The third-order valence-corrected chi connectivity index (χ3v) is 5.38. The number of rotatable bonds is 4. The first-order valence-electron chi connectivity index (χ1n) is 8.96. The molecule has 1 aliphatic rings. The summed E-state index contributed by atoms with van der Waals surface area (Å²) in [6.07, 6.45) is 1.27. The summed E-state index contributed by atoms with van der Waals surface area (Å²) in [5, 5.41) is 14.0. The number of carbonyl (C=O) groups excluding carboxylic acids is 2. The number of benzene rings is 2. The number of nitrogens with one attached hydrogen (secondary N) is 1. The molecule has 0 spiro atoms. The summed E-state index contributed by atoms with van der Waals surface area (Å²) in [7, 11) is 0. The lowest BCUT2D eigenvalue weighted by Gasteiger charge is -2.28. The van der Waals surface area contributed by atoms with Gasteiger partial charge in [-0.2, -0.15) is 0 Å². The van der Waals surface area contributed by atoms with Gasteiger partial charge >= 0.3 is 0 Å². The lowest BCUT2D eigenvalue weighted by Crippen LogP contribution is -2.54. The van der Waals surface area contributed by atoms with Crippen LogP contribution >= 0.6 is 35.4 Å². The number of furan rings is 1. The van der Waals surface area contributed by atoms with Crippen LogP contribution in [-0.2, 0) is 9.59 Å². The van der Waals surface area contributed by atoms with Crippen LogP contribution in [0.1, 0.15) is 5.76 Å². The highest BCUT2D eigenvalue weighted by Crippen LogP contribution is 2.32. The molecule has 1 N–H and O–H groups in total. The maximum absolute atomic E-state index is 13.0. The van der Waals surface area contributed by atoms with Crippen LogP contribution in [0.25, 0.3) is 17.4 Å². The van der Waals surface area contributed by atoms with Crippen molar-refractivity contribution < 1.29 is 18.9 Å². The molecule has 0 unspecified atom stereocenters. The Morgan fingerprint density at radius 1 is 1.06 bits per heavy atom. The van der Waals surface area contributed by atoms with E-state index in [4.69, 9.17) is 39.8 Å². The number of halogens is 2. The molecule has 2 heterocycles. The van der Waals surface area contributed by atoms with Crippen LogP contribution in [-0.4, -0.2) is 21.9 Å². The minimum Gasteiger partial charge on any atom is -0.457 e. The zero-order valence-corrected chi connectivity index (χ0v) is 18.2. The van der Waals surface area contributed by atoms with Gasteiger partial charge < -0.3 is 4.42 Å². The van der Waals surface area contributed by atoms with Crippen LogP contribution < -0.4 is 10.2 Å². The summed E-state index contributed by atoms with van der Waals surface area (Å²) in [6, 6.07) is 13.7. The first kappa shape index (κ1) is 21.7. The Hall–Kier alpha value is -3.53. The Bertz CT molecular complexity index is 1320. The molecule has 0 aliphatic carbocycles. The van der Waals surface area contributed by atoms with E-state index in [9.17, 15) is 19.7 Å². The Morgan fingerprint density at radius 2 is 1.78 bits per heavy atom. The second kappa shape index (κ2) is 8.54. The normalized spacial score (nSPS) is 15.2. The van der Waals surface area contributed by atoms with Gasteiger partial charge in [0.15, 0.2) is 5.11 Å². The quantitative estimate of drug-likeness (QED) is 0.182. The Labute approximate surface area is 196 Å². The van der Waals surface area contributed by atoms with E-state index in [0.717, 1.165) is 0 Å². The molecule has 11 heteroatoms. The van der Waals surface area contributed by atoms with Crippen molar-refractivity contribution >= 4 is 69.8 Å². The number of nitrogens with zero attached hydrogens (tertiary/aromatic N) is 2. The molecule has 1 fully saturated rings. The standard InChI is InChI=1S/C21H11Cl2N3O5S/c22-12-2-4-13(5-3-12)25-20(28)15(19(27)24-21(25)32)10-14-6-8-18(31-14)11-1-7-16(23)17(9-11)26(29)30/h1-10H,(H,24,27,32)/b15-10-. The number of nitro benzene ring substituents is 1. The molecule has 2 amide bonds. The first-order valence-corrected chi connectivity index (χ1v) is 10.1. The number of carbonyl (C=O) groups is 2. The number of hydrogen-bond donors (Lipinski definition) is 1. The molecule has 0 saturated carbocycles. The first-order chi connectivity index (χ1) is 15.2. The van der Waals surface area contributed by atoms with Gasteiger partial charge in [0.2, 0.25) is 0 Å². The molecule has 1 saturated heterocycles. The number of anilines is 1. The zero-order chi connectivity index (χ0) is 23.0. The second-order valence-corrected chi connectivity index (χ2v) is 7.79. The Morgan fingerprint density at radius 3 is 2.47 bits per heavy atom. The van der Waals surface area contributed by atoms with Crippen LogP contribution in [0.15, 0.2) is 64.6 Å². The molecule has 32 heavy (non-hydrogen) atoms. The number of thiocarbonyl (C=S) groups is 1. The van der Waals surface area contributed by atoms with Gasteiger partial charge in [-0.15, -0.1) is 0 Å². The van der Waals surface area contributed by atoms with E-state index in [1.165, 1.54) is 29.2 Å². The van der Waals surface area contributed by atoms with E-state index in [1.807, 2.05) is 0 Å². The third kappa shape index (κ3) is 4.13. The van der Waals surface area contributed by atoms with Gasteiger partial charge in [0, 0.05) is 16.7 Å². The predicted octanol–water partition coefficient (Wildman–Crippen LogP) is 4.99. The fraction of sp³-hybridized carbons (Fsp3) is 0. The summed E-state index contributed by atoms with van der Waals surface area (Å²) < 4.78 is 5.68. The van der Waals surface area contributed by atoms with Crippen LogP contribution in [0.4, 0.5) is 11.4 Å². The molecule has 0 atom stereocenters. The molecule has 8 nitrogen and oxygen atoms in total. The molecular formula is C21H11Cl2N3O5S. The highest BCUT2D eigenvalue weighted by atomic mass is 35.5. The summed E-state index contributed by atoms with van der Waals surface area (Å²) in [5.74, 6) is -0.822. The van der Waals surface area contributed by atoms with Gasteiger partial charge in [-0.3, -0.25) is 29.9 Å². The molecular weight excluding hydrogens is 477 g/mol. The lowest BCUT2D eigenvalue weighted by molar-refractivity contribution is -0.384. The number of nitro groups is 1. The Balaban J connectivity index is 1.67.